The first-order chi connectivity index (χ1) is 10.3. The first-order valence-corrected chi connectivity index (χ1v) is 7.18. The summed E-state index contributed by atoms with van der Waals surface area (Å²) in [5.74, 6) is -0.910. The minimum absolute atomic E-state index is 0.0346. The van der Waals surface area contributed by atoms with E-state index in [1.807, 2.05) is 13.0 Å². The van der Waals surface area contributed by atoms with E-state index in [2.05, 4.69) is 0 Å². The minimum Gasteiger partial charge on any atom is -0.293 e. The summed E-state index contributed by atoms with van der Waals surface area (Å²) < 4.78 is 38.4. The number of carbonyl (C=O) groups excluding carboxylic acids is 1. The zero-order valence-electron chi connectivity index (χ0n) is 11.8. The third-order valence-corrected chi connectivity index (χ3v) is 3.82. The molecule has 1 nitrogen and oxygen atoms in total. The fraction of sp³-hybridized carbons (Fsp3) is 0.235. The van der Waals surface area contributed by atoms with Crippen LogP contribution in [0.3, 0.4) is 0 Å². The van der Waals surface area contributed by atoms with Crippen LogP contribution < -0.4 is 0 Å². The molecule has 5 heteroatoms. The SMILES string of the molecule is CCC(C(=O)c1cc(C(F)(F)F)ccc1Cl)c1ccccc1. The van der Waals surface area contributed by atoms with E-state index in [4.69, 9.17) is 11.6 Å². The van der Waals surface area contributed by atoms with Crippen molar-refractivity contribution in [3.8, 4) is 0 Å². The minimum atomic E-state index is -4.51. The summed E-state index contributed by atoms with van der Waals surface area (Å²) in [6, 6.07) is 11.8. The van der Waals surface area contributed by atoms with Gasteiger partial charge in [0.25, 0.3) is 0 Å². The molecule has 1 atom stereocenters. The van der Waals surface area contributed by atoms with Gasteiger partial charge in [-0.3, -0.25) is 4.79 Å². The number of hydrogen-bond acceptors (Lipinski definition) is 1. The van der Waals surface area contributed by atoms with Crippen molar-refractivity contribution < 1.29 is 18.0 Å². The Kier molecular flexibility index (Phi) is 4.91. The van der Waals surface area contributed by atoms with Crippen LogP contribution in [0, 0.1) is 0 Å². The van der Waals surface area contributed by atoms with E-state index in [9.17, 15) is 18.0 Å². The number of halogens is 4. The molecule has 0 saturated heterocycles. The van der Waals surface area contributed by atoms with Crippen LogP contribution >= 0.6 is 11.6 Å². The van der Waals surface area contributed by atoms with E-state index in [0.717, 1.165) is 23.8 Å². The lowest BCUT2D eigenvalue weighted by molar-refractivity contribution is -0.137. The van der Waals surface area contributed by atoms with Crippen LogP contribution in [0.5, 0.6) is 0 Å². The Morgan fingerprint density at radius 3 is 2.32 bits per heavy atom. The first-order valence-electron chi connectivity index (χ1n) is 6.80. The molecule has 0 radical (unpaired) electrons. The molecule has 0 amide bonds. The Bertz CT molecular complexity index is 665. The average Bonchev–Trinajstić information content (AvgIpc) is 2.48. The average molecular weight is 327 g/mol. The second-order valence-electron chi connectivity index (χ2n) is 4.93. The highest BCUT2D eigenvalue weighted by molar-refractivity contribution is 6.34. The van der Waals surface area contributed by atoms with Gasteiger partial charge in [-0.1, -0.05) is 48.9 Å². The zero-order chi connectivity index (χ0) is 16.3. The third-order valence-electron chi connectivity index (χ3n) is 3.49. The maximum atomic E-state index is 12.8. The maximum Gasteiger partial charge on any atom is 0.416 e. The quantitative estimate of drug-likeness (QED) is 0.655. The maximum absolute atomic E-state index is 12.8. The molecule has 2 rings (SSSR count). The van der Waals surface area contributed by atoms with Gasteiger partial charge in [-0.15, -0.1) is 0 Å². The standard InChI is InChI=1S/C17H14ClF3O/c1-2-13(11-6-4-3-5-7-11)16(22)14-10-12(17(19,20)21)8-9-15(14)18/h3-10,13H,2H2,1H3. The third kappa shape index (κ3) is 3.50. The van der Waals surface area contributed by atoms with Crippen LogP contribution in [-0.2, 0) is 6.18 Å². The molecule has 116 valence electrons. The number of alkyl halides is 3. The predicted octanol–water partition coefficient (Wildman–Crippen LogP) is 5.74. The Hall–Kier alpha value is -1.81. The van der Waals surface area contributed by atoms with Crippen LogP contribution in [0.1, 0.15) is 40.7 Å². The van der Waals surface area contributed by atoms with Crippen molar-refractivity contribution in [2.45, 2.75) is 25.4 Å². The van der Waals surface area contributed by atoms with Crippen LogP contribution in [0.2, 0.25) is 5.02 Å². The van der Waals surface area contributed by atoms with Gasteiger partial charge in [-0.25, -0.2) is 0 Å². The Balaban J connectivity index is 2.44. The van der Waals surface area contributed by atoms with E-state index < -0.39 is 23.4 Å². The number of rotatable bonds is 4. The Morgan fingerprint density at radius 1 is 1.14 bits per heavy atom. The molecule has 0 aliphatic carbocycles. The molecule has 2 aromatic carbocycles. The van der Waals surface area contributed by atoms with E-state index in [1.54, 1.807) is 24.3 Å². The van der Waals surface area contributed by atoms with Crippen molar-refractivity contribution in [1.82, 2.24) is 0 Å². The van der Waals surface area contributed by atoms with Gasteiger partial charge in [-0.2, -0.15) is 13.2 Å². The largest absolute Gasteiger partial charge is 0.416 e. The fourth-order valence-electron chi connectivity index (χ4n) is 2.34. The molecule has 0 spiro atoms. The summed E-state index contributed by atoms with van der Waals surface area (Å²) in [5.41, 5.74) is -0.196. The van der Waals surface area contributed by atoms with E-state index >= 15 is 0 Å². The predicted molar refractivity (Wildman–Crippen MR) is 80.3 cm³/mol. The van der Waals surface area contributed by atoms with Gasteiger partial charge in [0.1, 0.15) is 0 Å². The molecule has 1 unspecified atom stereocenters. The van der Waals surface area contributed by atoms with E-state index in [-0.39, 0.29) is 10.6 Å². The molecule has 0 saturated carbocycles. The van der Waals surface area contributed by atoms with E-state index in [0.29, 0.717) is 6.42 Å². The van der Waals surface area contributed by atoms with Gasteiger partial charge in [-0.05, 0) is 30.2 Å². The van der Waals surface area contributed by atoms with Crippen molar-refractivity contribution in [2.75, 3.05) is 0 Å². The van der Waals surface area contributed by atoms with Crippen LogP contribution in [0.4, 0.5) is 13.2 Å². The summed E-state index contributed by atoms with van der Waals surface area (Å²) in [6.07, 6.45) is -4.02. The van der Waals surface area contributed by atoms with Crippen LogP contribution in [0.15, 0.2) is 48.5 Å². The smallest absolute Gasteiger partial charge is 0.293 e. The van der Waals surface area contributed by atoms with Crippen molar-refractivity contribution in [3.63, 3.8) is 0 Å². The molecule has 0 aliphatic heterocycles. The molecular weight excluding hydrogens is 313 g/mol. The highest BCUT2D eigenvalue weighted by atomic mass is 35.5. The molecule has 0 N–H and O–H groups in total. The lowest BCUT2D eigenvalue weighted by Crippen LogP contribution is -2.14. The molecule has 22 heavy (non-hydrogen) atoms. The first kappa shape index (κ1) is 16.6. The van der Waals surface area contributed by atoms with E-state index in [1.165, 1.54) is 0 Å². The Morgan fingerprint density at radius 2 is 1.77 bits per heavy atom. The number of carbonyl (C=O) groups is 1. The molecule has 2 aromatic rings. The zero-order valence-corrected chi connectivity index (χ0v) is 12.6. The fourth-order valence-corrected chi connectivity index (χ4v) is 2.55. The van der Waals surface area contributed by atoms with Gasteiger partial charge in [0, 0.05) is 11.5 Å². The molecule has 0 aliphatic rings. The van der Waals surface area contributed by atoms with Gasteiger partial charge in [0.05, 0.1) is 10.6 Å². The number of hydrogen-bond donors (Lipinski definition) is 0. The second-order valence-corrected chi connectivity index (χ2v) is 5.34. The van der Waals surface area contributed by atoms with Crippen molar-refractivity contribution >= 4 is 17.4 Å². The molecule has 0 bridgehead atoms. The van der Waals surface area contributed by atoms with Gasteiger partial charge in [0.15, 0.2) is 5.78 Å². The molecule has 0 aromatic heterocycles. The van der Waals surface area contributed by atoms with Crippen molar-refractivity contribution in [2.24, 2.45) is 0 Å². The normalized spacial score (nSPS) is 13.0. The summed E-state index contributed by atoms with van der Waals surface area (Å²) in [5, 5.41) is 0.0346. The highest BCUT2D eigenvalue weighted by Crippen LogP contribution is 2.34. The molecule has 0 heterocycles. The highest BCUT2D eigenvalue weighted by Gasteiger charge is 2.32. The molecular formula is C17H14ClF3O. The molecule has 0 fully saturated rings. The summed E-state index contributed by atoms with van der Waals surface area (Å²) in [6.45, 7) is 1.82. The van der Waals surface area contributed by atoms with Gasteiger partial charge < -0.3 is 0 Å². The summed E-state index contributed by atoms with van der Waals surface area (Å²) in [7, 11) is 0. The van der Waals surface area contributed by atoms with Crippen molar-refractivity contribution in [3.05, 3.63) is 70.2 Å². The lowest BCUT2D eigenvalue weighted by atomic mass is 9.88. The van der Waals surface area contributed by atoms with Crippen LogP contribution in [0.25, 0.3) is 0 Å². The van der Waals surface area contributed by atoms with Crippen molar-refractivity contribution in [1.29, 1.82) is 0 Å². The van der Waals surface area contributed by atoms with Crippen LogP contribution in [-0.4, -0.2) is 5.78 Å². The van der Waals surface area contributed by atoms with Gasteiger partial charge in [0.2, 0.25) is 0 Å². The summed E-state index contributed by atoms with van der Waals surface area (Å²) >= 11 is 5.94. The topological polar surface area (TPSA) is 17.1 Å². The lowest BCUT2D eigenvalue weighted by Gasteiger charge is -2.16. The second kappa shape index (κ2) is 6.53. The number of Topliss-reactive ketones (excluding diaryl/α,β-unsaturated/α-hetero) is 1. The number of benzene rings is 2. The monoisotopic (exact) mass is 326 g/mol. The summed E-state index contributed by atoms with van der Waals surface area (Å²) in [4.78, 5) is 12.6. The van der Waals surface area contributed by atoms with Gasteiger partial charge >= 0.3 is 6.18 Å². The Labute approximate surface area is 131 Å². The number of ketones is 1.